The Morgan fingerprint density at radius 2 is 1.77 bits per heavy atom. The lowest BCUT2D eigenvalue weighted by Crippen LogP contribution is -2.45. The highest BCUT2D eigenvalue weighted by atomic mass is 35.5. The molecule has 8 heteroatoms. The van der Waals surface area contributed by atoms with E-state index in [9.17, 15) is 0 Å². The van der Waals surface area contributed by atoms with Crippen molar-refractivity contribution in [1.82, 2.24) is 19.9 Å². The van der Waals surface area contributed by atoms with Crippen molar-refractivity contribution < 1.29 is 0 Å². The largest absolute Gasteiger partial charge is 0.368 e. The molecular formula is C18H27ClN6S. The Hall–Kier alpha value is -1.57. The van der Waals surface area contributed by atoms with Crippen LogP contribution in [0.3, 0.4) is 0 Å². The maximum atomic E-state index is 5.98. The molecule has 0 bridgehead atoms. The molecule has 1 fully saturated rings. The average molecular weight is 395 g/mol. The van der Waals surface area contributed by atoms with Gasteiger partial charge >= 0.3 is 0 Å². The molecule has 0 radical (unpaired) electrons. The lowest BCUT2D eigenvalue weighted by molar-refractivity contribution is 0.311. The van der Waals surface area contributed by atoms with Gasteiger partial charge in [-0.15, -0.1) is 24.2 Å². The third-order valence-corrected chi connectivity index (χ3v) is 5.84. The number of nitrogens with two attached hydrogens (primary N) is 1. The summed E-state index contributed by atoms with van der Waals surface area (Å²) in [4.78, 5) is 18.1. The number of piperazine rings is 1. The number of hydrogen-bond acceptors (Lipinski definition) is 7. The summed E-state index contributed by atoms with van der Waals surface area (Å²) in [6.07, 6.45) is 0.961. The zero-order valence-corrected chi connectivity index (χ0v) is 17.0. The van der Waals surface area contributed by atoms with E-state index < -0.39 is 0 Å². The molecule has 1 aromatic carbocycles. The Bertz CT molecular complexity index is 679. The van der Waals surface area contributed by atoms with E-state index in [1.165, 1.54) is 5.56 Å². The number of thioether (sulfide) groups is 1. The van der Waals surface area contributed by atoms with Crippen LogP contribution in [0.1, 0.15) is 30.0 Å². The molecule has 0 spiro atoms. The predicted molar refractivity (Wildman–Crippen MR) is 112 cm³/mol. The molecule has 0 aliphatic carbocycles. The number of nitrogens with zero attached hydrogens (tertiary/aromatic N) is 5. The third kappa shape index (κ3) is 5.46. The van der Waals surface area contributed by atoms with Crippen LogP contribution in [0, 0.1) is 0 Å². The van der Waals surface area contributed by atoms with Gasteiger partial charge in [-0.3, -0.25) is 0 Å². The standard InChI is InChI=1S/C18H26N6S.ClH/c1-3-15(25-13-14-7-5-4-6-8-14)16-20-17(19)22-18(21-16)24-11-9-23(2)10-12-24;/h4-8,15H,3,9-13H2,1-2H3,(H2,19,20,21,22);1H. The molecule has 3 rings (SSSR count). The molecule has 0 amide bonds. The van der Waals surface area contributed by atoms with Crippen molar-refractivity contribution in [3.8, 4) is 0 Å². The van der Waals surface area contributed by atoms with Gasteiger partial charge in [0.15, 0.2) is 0 Å². The molecule has 1 aliphatic heterocycles. The molecule has 0 saturated carbocycles. The average Bonchev–Trinajstić information content (AvgIpc) is 2.63. The first-order chi connectivity index (χ1) is 12.2. The Labute approximate surface area is 166 Å². The van der Waals surface area contributed by atoms with Crippen molar-refractivity contribution >= 4 is 36.1 Å². The van der Waals surface area contributed by atoms with E-state index in [1.54, 1.807) is 0 Å². The lowest BCUT2D eigenvalue weighted by atomic mass is 10.2. The van der Waals surface area contributed by atoms with Gasteiger partial charge in [0, 0.05) is 31.9 Å². The minimum atomic E-state index is 0. The highest BCUT2D eigenvalue weighted by Crippen LogP contribution is 2.33. The van der Waals surface area contributed by atoms with Crippen LogP contribution in [0.15, 0.2) is 30.3 Å². The quantitative estimate of drug-likeness (QED) is 0.807. The molecule has 142 valence electrons. The summed E-state index contributed by atoms with van der Waals surface area (Å²) >= 11 is 1.86. The van der Waals surface area contributed by atoms with Gasteiger partial charge < -0.3 is 15.5 Å². The van der Waals surface area contributed by atoms with E-state index in [0.29, 0.717) is 5.95 Å². The van der Waals surface area contributed by atoms with Gasteiger partial charge in [-0.05, 0) is 19.0 Å². The van der Waals surface area contributed by atoms with Crippen molar-refractivity contribution in [3.63, 3.8) is 0 Å². The first-order valence-electron chi connectivity index (χ1n) is 8.76. The van der Waals surface area contributed by atoms with Crippen LogP contribution in [0.5, 0.6) is 0 Å². The van der Waals surface area contributed by atoms with Gasteiger partial charge in [-0.25, -0.2) is 0 Å². The molecule has 1 atom stereocenters. The normalized spacial score (nSPS) is 16.2. The van der Waals surface area contributed by atoms with Crippen molar-refractivity contribution in [2.75, 3.05) is 43.9 Å². The van der Waals surface area contributed by atoms with Gasteiger partial charge in [0.1, 0.15) is 5.82 Å². The van der Waals surface area contributed by atoms with Crippen LogP contribution < -0.4 is 10.6 Å². The van der Waals surface area contributed by atoms with Gasteiger partial charge in [0.05, 0.1) is 5.25 Å². The van der Waals surface area contributed by atoms with E-state index in [0.717, 1.165) is 50.1 Å². The summed E-state index contributed by atoms with van der Waals surface area (Å²) in [6, 6.07) is 10.5. The second-order valence-electron chi connectivity index (χ2n) is 6.34. The monoisotopic (exact) mass is 394 g/mol. The fourth-order valence-corrected chi connectivity index (χ4v) is 3.91. The molecular weight excluding hydrogens is 368 g/mol. The highest BCUT2D eigenvalue weighted by Gasteiger charge is 2.21. The Balaban J connectivity index is 0.00000243. The van der Waals surface area contributed by atoms with Gasteiger partial charge in [0.2, 0.25) is 11.9 Å². The smallest absolute Gasteiger partial charge is 0.230 e. The van der Waals surface area contributed by atoms with E-state index >= 15 is 0 Å². The summed E-state index contributed by atoms with van der Waals surface area (Å²) in [5.41, 5.74) is 7.30. The van der Waals surface area contributed by atoms with Crippen LogP contribution in [0.2, 0.25) is 0 Å². The van der Waals surface area contributed by atoms with E-state index in [-0.39, 0.29) is 17.7 Å². The third-order valence-electron chi connectivity index (χ3n) is 4.40. The summed E-state index contributed by atoms with van der Waals surface area (Å²) < 4.78 is 0. The number of nitrogen functional groups attached to an aromatic ring is 1. The maximum absolute atomic E-state index is 5.98. The molecule has 1 aromatic heterocycles. The highest BCUT2D eigenvalue weighted by molar-refractivity contribution is 7.98. The van der Waals surface area contributed by atoms with Crippen molar-refractivity contribution in [3.05, 3.63) is 41.7 Å². The molecule has 2 N–H and O–H groups in total. The first-order valence-corrected chi connectivity index (χ1v) is 9.81. The summed E-state index contributed by atoms with van der Waals surface area (Å²) in [6.45, 7) is 6.04. The molecule has 2 heterocycles. The fourth-order valence-electron chi connectivity index (χ4n) is 2.84. The molecule has 26 heavy (non-hydrogen) atoms. The second-order valence-corrected chi connectivity index (χ2v) is 7.53. The van der Waals surface area contributed by atoms with Crippen LogP contribution in [-0.2, 0) is 5.75 Å². The number of halogens is 1. The van der Waals surface area contributed by atoms with E-state index in [1.807, 2.05) is 17.8 Å². The van der Waals surface area contributed by atoms with Crippen LogP contribution in [0.4, 0.5) is 11.9 Å². The Kier molecular flexibility index (Phi) is 7.93. The van der Waals surface area contributed by atoms with Crippen LogP contribution >= 0.6 is 24.2 Å². The lowest BCUT2D eigenvalue weighted by Gasteiger charge is -2.32. The second kappa shape index (κ2) is 9.94. The number of rotatable bonds is 6. The zero-order chi connectivity index (χ0) is 17.6. The van der Waals surface area contributed by atoms with E-state index in [2.05, 4.69) is 58.0 Å². The molecule has 1 saturated heterocycles. The summed E-state index contributed by atoms with van der Waals surface area (Å²) in [7, 11) is 2.14. The van der Waals surface area contributed by atoms with Gasteiger partial charge in [-0.2, -0.15) is 15.0 Å². The van der Waals surface area contributed by atoms with E-state index in [4.69, 9.17) is 10.7 Å². The van der Waals surface area contributed by atoms with Crippen molar-refractivity contribution in [2.24, 2.45) is 0 Å². The van der Waals surface area contributed by atoms with Gasteiger partial charge in [0.25, 0.3) is 0 Å². The van der Waals surface area contributed by atoms with Crippen molar-refractivity contribution in [1.29, 1.82) is 0 Å². The summed E-state index contributed by atoms with van der Waals surface area (Å²) in [5.74, 6) is 2.77. The topological polar surface area (TPSA) is 71.2 Å². The maximum Gasteiger partial charge on any atom is 0.230 e. The number of aromatic nitrogens is 3. The van der Waals surface area contributed by atoms with Crippen LogP contribution in [-0.4, -0.2) is 53.1 Å². The number of hydrogen-bond donors (Lipinski definition) is 1. The minimum Gasteiger partial charge on any atom is -0.368 e. The zero-order valence-electron chi connectivity index (χ0n) is 15.3. The molecule has 1 unspecified atom stereocenters. The molecule has 2 aromatic rings. The van der Waals surface area contributed by atoms with Crippen molar-refractivity contribution in [2.45, 2.75) is 24.3 Å². The molecule has 1 aliphatic rings. The minimum absolute atomic E-state index is 0. The molecule has 6 nitrogen and oxygen atoms in total. The number of benzene rings is 1. The van der Waals surface area contributed by atoms with Crippen LogP contribution in [0.25, 0.3) is 0 Å². The van der Waals surface area contributed by atoms with Gasteiger partial charge in [-0.1, -0.05) is 37.3 Å². The summed E-state index contributed by atoms with van der Waals surface area (Å²) in [5, 5.41) is 0.219. The first kappa shape index (κ1) is 20.7. The number of likely N-dealkylation sites (N-methyl/N-ethyl adjacent to an activating group) is 1. The Morgan fingerprint density at radius 1 is 1.08 bits per heavy atom. The predicted octanol–water partition coefficient (Wildman–Crippen LogP) is 3.01. The fraction of sp³-hybridized carbons (Fsp3) is 0.500. The Morgan fingerprint density at radius 3 is 2.42 bits per heavy atom. The SMILES string of the molecule is CCC(SCc1ccccc1)c1nc(N)nc(N2CCN(C)CC2)n1.Cl. The number of anilines is 2.